The van der Waals surface area contributed by atoms with E-state index in [9.17, 15) is 14.4 Å². The summed E-state index contributed by atoms with van der Waals surface area (Å²) in [5.74, 6) is -1.97. The fourth-order valence-electron chi connectivity index (χ4n) is 3.23. The quantitative estimate of drug-likeness (QED) is 0.350. The lowest BCUT2D eigenvalue weighted by molar-refractivity contribution is -0.171. The molecule has 0 atom stereocenters. The average Bonchev–Trinajstić information content (AvgIpc) is 3.49. The number of benzene rings is 2. The van der Waals surface area contributed by atoms with Crippen LogP contribution in [0, 0.1) is 0 Å². The summed E-state index contributed by atoms with van der Waals surface area (Å²) in [6.07, 6.45) is 1.03. The molecule has 0 saturated heterocycles. The number of halogens is 4. The van der Waals surface area contributed by atoms with Gasteiger partial charge in [-0.3, -0.25) is 9.59 Å². The molecule has 1 aliphatic heterocycles. The molecule has 0 unspecified atom stereocenters. The largest absolute Gasteiger partial charge is 0.497 e. The molecule has 2 aliphatic rings. The van der Waals surface area contributed by atoms with Crippen LogP contribution in [-0.4, -0.2) is 30.0 Å². The van der Waals surface area contributed by atoms with Crippen molar-refractivity contribution in [3.8, 4) is 5.75 Å². The van der Waals surface area contributed by atoms with E-state index >= 15 is 0 Å². The van der Waals surface area contributed by atoms with Crippen LogP contribution in [0.3, 0.4) is 0 Å². The first-order valence-corrected chi connectivity index (χ1v) is 9.85. The highest BCUT2D eigenvalue weighted by atomic mass is 35.5. The van der Waals surface area contributed by atoms with Gasteiger partial charge < -0.3 is 9.57 Å². The first-order chi connectivity index (χ1) is 13.7. The number of methoxy groups -OCH3 is 1. The molecule has 1 saturated carbocycles. The van der Waals surface area contributed by atoms with E-state index in [1.54, 1.807) is 24.3 Å². The van der Waals surface area contributed by atoms with Crippen LogP contribution in [0.25, 0.3) is 0 Å². The molecule has 0 N–H and O–H groups in total. The van der Waals surface area contributed by atoms with Crippen molar-refractivity contribution in [2.75, 3.05) is 7.11 Å². The maximum absolute atomic E-state index is 12.9. The molecular formula is C19H11Cl4NO5. The van der Waals surface area contributed by atoms with E-state index in [2.05, 4.69) is 0 Å². The fraction of sp³-hybridized carbons (Fsp3) is 0.211. The molecule has 0 aromatic heterocycles. The van der Waals surface area contributed by atoms with E-state index in [1.165, 1.54) is 7.11 Å². The minimum atomic E-state index is -0.940. The molecule has 150 valence electrons. The molecule has 1 fully saturated rings. The molecule has 2 aromatic rings. The number of carbonyl (C=O) groups excluding carboxylic acids is 3. The third kappa shape index (κ3) is 2.97. The van der Waals surface area contributed by atoms with Crippen molar-refractivity contribution in [2.24, 2.45) is 0 Å². The van der Waals surface area contributed by atoms with Gasteiger partial charge >= 0.3 is 5.97 Å². The molecule has 1 heterocycles. The highest BCUT2D eigenvalue weighted by Crippen LogP contribution is 2.50. The summed E-state index contributed by atoms with van der Waals surface area (Å²) >= 11 is 24.1. The van der Waals surface area contributed by atoms with Crippen molar-refractivity contribution in [1.82, 2.24) is 5.06 Å². The average molecular weight is 475 g/mol. The second-order valence-corrected chi connectivity index (χ2v) is 8.11. The van der Waals surface area contributed by atoms with Gasteiger partial charge in [0.15, 0.2) is 0 Å². The van der Waals surface area contributed by atoms with E-state index in [-0.39, 0.29) is 31.2 Å². The molecule has 0 radical (unpaired) electrons. The Morgan fingerprint density at radius 3 is 1.79 bits per heavy atom. The van der Waals surface area contributed by atoms with Crippen molar-refractivity contribution in [2.45, 2.75) is 18.3 Å². The van der Waals surface area contributed by atoms with E-state index in [0.717, 1.165) is 0 Å². The molecule has 2 aromatic carbocycles. The topological polar surface area (TPSA) is 72.9 Å². The zero-order valence-electron chi connectivity index (χ0n) is 14.7. The molecule has 10 heteroatoms. The number of imide groups is 1. The smallest absolute Gasteiger partial charge is 0.343 e. The summed E-state index contributed by atoms with van der Waals surface area (Å²) in [4.78, 5) is 43.5. The predicted octanol–water partition coefficient (Wildman–Crippen LogP) is 5.09. The Balaban J connectivity index is 1.64. The van der Waals surface area contributed by atoms with Crippen molar-refractivity contribution in [3.63, 3.8) is 0 Å². The predicted molar refractivity (Wildman–Crippen MR) is 107 cm³/mol. The van der Waals surface area contributed by atoms with Crippen LogP contribution in [0.5, 0.6) is 5.75 Å². The van der Waals surface area contributed by atoms with Gasteiger partial charge in [0.1, 0.15) is 5.75 Å². The SMILES string of the molecule is COc1ccc(C2(C(=O)ON3C(=O)c4c(Cl)c(Cl)c(Cl)c(Cl)c4C3=O)CC2)cc1. The number of hydroxylamine groups is 2. The maximum atomic E-state index is 12.9. The summed E-state index contributed by atoms with van der Waals surface area (Å²) < 4.78 is 5.12. The van der Waals surface area contributed by atoms with Gasteiger partial charge in [-0.05, 0) is 30.5 Å². The van der Waals surface area contributed by atoms with Crippen LogP contribution in [0.2, 0.25) is 20.1 Å². The molecule has 0 bridgehead atoms. The van der Waals surface area contributed by atoms with Gasteiger partial charge in [-0.2, -0.15) is 0 Å². The normalized spacial score (nSPS) is 16.7. The summed E-state index contributed by atoms with van der Waals surface area (Å²) in [5.41, 5.74) is -0.747. The monoisotopic (exact) mass is 473 g/mol. The Labute approximate surface area is 185 Å². The van der Waals surface area contributed by atoms with E-state index in [4.69, 9.17) is 56.0 Å². The number of rotatable bonds is 4. The lowest BCUT2D eigenvalue weighted by Crippen LogP contribution is -2.37. The third-order valence-electron chi connectivity index (χ3n) is 5.02. The van der Waals surface area contributed by atoms with Crippen molar-refractivity contribution in [1.29, 1.82) is 0 Å². The Morgan fingerprint density at radius 1 is 0.897 bits per heavy atom. The molecule has 4 rings (SSSR count). The first-order valence-electron chi connectivity index (χ1n) is 8.34. The summed E-state index contributed by atoms with van der Waals surface area (Å²) in [5, 5.41) is -0.443. The second-order valence-electron chi connectivity index (χ2n) is 6.60. The maximum Gasteiger partial charge on any atom is 0.343 e. The van der Waals surface area contributed by atoms with Gasteiger partial charge in [-0.15, -0.1) is 0 Å². The third-order valence-corrected chi connectivity index (χ3v) is 6.82. The van der Waals surface area contributed by atoms with Crippen LogP contribution in [0.4, 0.5) is 0 Å². The van der Waals surface area contributed by atoms with Gasteiger partial charge in [0.25, 0.3) is 11.8 Å². The standard InChI is InChI=1S/C19H11Cl4NO5/c1-28-9-4-2-8(3-5-9)19(6-7-19)18(27)29-24-16(25)10-11(17(24)26)13(21)15(23)14(22)12(10)20/h2-5H,6-7H2,1H3. The lowest BCUT2D eigenvalue weighted by Gasteiger charge is -2.19. The molecule has 29 heavy (non-hydrogen) atoms. The Morgan fingerprint density at radius 2 is 1.38 bits per heavy atom. The van der Waals surface area contributed by atoms with Gasteiger partial charge in [-0.25, -0.2) is 4.79 Å². The number of ether oxygens (including phenoxy) is 1. The van der Waals surface area contributed by atoms with Crippen LogP contribution in [0.1, 0.15) is 39.1 Å². The van der Waals surface area contributed by atoms with Crippen molar-refractivity contribution in [3.05, 3.63) is 61.0 Å². The summed E-state index contributed by atoms with van der Waals surface area (Å²) in [7, 11) is 1.53. The zero-order chi connectivity index (χ0) is 21.1. The molecule has 0 spiro atoms. The Hall–Kier alpha value is -1.99. The highest BCUT2D eigenvalue weighted by molar-refractivity contribution is 6.55. The number of hydrogen-bond acceptors (Lipinski definition) is 5. The number of amides is 2. The van der Waals surface area contributed by atoms with Crippen LogP contribution < -0.4 is 4.74 Å². The molecule has 6 nitrogen and oxygen atoms in total. The van der Waals surface area contributed by atoms with E-state index < -0.39 is 23.2 Å². The van der Waals surface area contributed by atoms with Gasteiger partial charge in [-0.1, -0.05) is 63.6 Å². The first kappa shape index (κ1) is 20.3. The number of nitrogens with zero attached hydrogens (tertiary/aromatic N) is 1. The number of fused-ring (bicyclic) bond motifs is 1. The second kappa shape index (κ2) is 7.06. The van der Waals surface area contributed by atoms with Gasteiger partial charge in [0, 0.05) is 0 Å². The number of hydrogen-bond donors (Lipinski definition) is 0. The highest BCUT2D eigenvalue weighted by Gasteiger charge is 2.55. The minimum absolute atomic E-state index is 0.164. The van der Waals surface area contributed by atoms with Crippen LogP contribution >= 0.6 is 46.4 Å². The van der Waals surface area contributed by atoms with Crippen molar-refractivity contribution >= 4 is 64.2 Å². The van der Waals surface area contributed by atoms with Gasteiger partial charge in [0.2, 0.25) is 0 Å². The van der Waals surface area contributed by atoms with Crippen molar-refractivity contribution < 1.29 is 24.0 Å². The molecular weight excluding hydrogens is 464 g/mol. The summed E-state index contributed by atoms with van der Waals surface area (Å²) in [6.45, 7) is 0. The van der Waals surface area contributed by atoms with Crippen LogP contribution in [-0.2, 0) is 15.0 Å². The fourth-order valence-corrected chi connectivity index (χ4v) is 4.24. The molecule has 1 aliphatic carbocycles. The molecule has 2 amide bonds. The lowest BCUT2D eigenvalue weighted by atomic mass is 9.96. The Bertz CT molecular complexity index is 1030. The van der Waals surface area contributed by atoms with E-state index in [1.807, 2.05) is 0 Å². The van der Waals surface area contributed by atoms with E-state index in [0.29, 0.717) is 29.2 Å². The number of carbonyl (C=O) groups is 3. The zero-order valence-corrected chi connectivity index (χ0v) is 17.7. The minimum Gasteiger partial charge on any atom is -0.497 e. The van der Waals surface area contributed by atoms with Gasteiger partial charge in [0.05, 0.1) is 43.7 Å². The Kier molecular flexibility index (Phi) is 4.94. The summed E-state index contributed by atoms with van der Waals surface area (Å²) in [6, 6.07) is 6.91. The van der Waals surface area contributed by atoms with Crippen LogP contribution in [0.15, 0.2) is 24.3 Å².